The summed E-state index contributed by atoms with van der Waals surface area (Å²) in [4.78, 5) is 12.5. The summed E-state index contributed by atoms with van der Waals surface area (Å²) in [7, 11) is 0. The number of nitrogens with two attached hydrogens (primary N) is 1. The maximum atomic E-state index is 10.1. The van der Waals surface area contributed by atoms with Gasteiger partial charge in [0.25, 0.3) is 0 Å². The predicted molar refractivity (Wildman–Crippen MR) is 37.4 cm³/mol. The van der Waals surface area contributed by atoms with Crippen LogP contribution in [0.15, 0.2) is 12.1 Å². The summed E-state index contributed by atoms with van der Waals surface area (Å²) in [5.41, 5.74) is 5.00. The minimum absolute atomic E-state index is 0.396. The van der Waals surface area contributed by atoms with Gasteiger partial charge in [-0.2, -0.15) is 0 Å². The van der Waals surface area contributed by atoms with Crippen molar-refractivity contribution in [2.24, 2.45) is 5.73 Å². The van der Waals surface area contributed by atoms with Crippen LogP contribution in [0.4, 0.5) is 0 Å². The second-order valence-corrected chi connectivity index (χ2v) is 1.84. The Morgan fingerprint density at radius 2 is 2.33 bits per heavy atom. The molecule has 0 aliphatic rings. The van der Waals surface area contributed by atoms with Crippen LogP contribution >= 0.6 is 0 Å². The van der Waals surface area contributed by atoms with Gasteiger partial charge in [-0.25, -0.2) is 0 Å². The van der Waals surface area contributed by atoms with Gasteiger partial charge in [-0.05, 0) is 0 Å². The van der Waals surface area contributed by atoms with Crippen LogP contribution in [-0.4, -0.2) is 28.8 Å². The summed E-state index contributed by atoms with van der Waals surface area (Å²) in [5, 5.41) is 24.7. The van der Waals surface area contributed by atoms with Gasteiger partial charge < -0.3 is 20.7 Å². The molecular weight excluding hydrogens is 166 g/mol. The number of hydrogen-bond donors (Lipinski definition) is 3. The van der Waals surface area contributed by atoms with E-state index in [0.29, 0.717) is 6.20 Å². The molecule has 0 aromatic rings. The molecule has 0 aliphatic heterocycles. The highest BCUT2D eigenvalue weighted by molar-refractivity contribution is 5.73. The molecule has 1 atom stereocenters. The molecule has 0 amide bonds. The van der Waals surface area contributed by atoms with Gasteiger partial charge in [0, 0.05) is 0 Å². The molecule has 0 saturated heterocycles. The monoisotopic (exact) mass is 174 g/mol. The minimum atomic E-state index is -1.25. The summed E-state index contributed by atoms with van der Waals surface area (Å²) in [6.45, 7) is -0.396. The Balaban J connectivity index is 3.78. The fourth-order valence-electron chi connectivity index (χ4n) is 0.333. The standard InChI is InChI=1S/C5H7N3O4/c6-3(5(10)11)2-12-4(9)1-8-7/h1,3H,2,6H2,(H-,9,10,11)/p+1/t3-/m0/s1. The van der Waals surface area contributed by atoms with Crippen LogP contribution in [0, 0.1) is 5.39 Å². The van der Waals surface area contributed by atoms with Crippen LogP contribution in [0.5, 0.6) is 0 Å². The molecule has 7 nitrogen and oxygen atoms in total. The Kier molecular flexibility index (Phi) is 4.18. The summed E-state index contributed by atoms with van der Waals surface area (Å²) < 4.78 is 4.36. The molecule has 0 spiro atoms. The van der Waals surface area contributed by atoms with Gasteiger partial charge in [0.2, 0.25) is 5.39 Å². The molecule has 0 heterocycles. The lowest BCUT2D eigenvalue weighted by Crippen LogP contribution is -2.34. The van der Waals surface area contributed by atoms with Crippen molar-refractivity contribution in [2.75, 3.05) is 6.61 Å². The summed E-state index contributed by atoms with van der Waals surface area (Å²) in [5.74, 6) is -1.95. The average molecular weight is 174 g/mol. The highest BCUT2D eigenvalue weighted by Gasteiger charge is 2.13. The first-order valence-electron chi connectivity index (χ1n) is 2.92. The Labute approximate surface area is 67.7 Å². The van der Waals surface area contributed by atoms with Crippen molar-refractivity contribution in [3.05, 3.63) is 17.1 Å². The highest BCUT2D eigenvalue weighted by Crippen LogP contribution is 1.93. The summed E-state index contributed by atoms with van der Waals surface area (Å²) in [6.07, 6.45) is 0.606. The molecule has 0 fully saturated rings. The SMILES string of the molecule is N#[N+]C=C(O)OC[C@H](N)C(=O)O. The summed E-state index contributed by atoms with van der Waals surface area (Å²) >= 11 is 0. The molecule has 4 N–H and O–H groups in total. The van der Waals surface area contributed by atoms with Crippen LogP contribution in [0.3, 0.4) is 0 Å². The molecule has 0 aromatic carbocycles. The lowest BCUT2D eigenvalue weighted by atomic mass is 10.3. The first-order valence-corrected chi connectivity index (χ1v) is 2.92. The van der Waals surface area contributed by atoms with E-state index in [-0.39, 0.29) is 0 Å². The number of carboxylic acids is 1. The average Bonchev–Trinajstić information content (AvgIpc) is 2.00. The van der Waals surface area contributed by atoms with Crippen LogP contribution in [-0.2, 0) is 9.53 Å². The molecule has 0 aliphatic carbocycles. The molecule has 0 bridgehead atoms. The Hall–Kier alpha value is -1.81. The normalized spacial score (nSPS) is 13.2. The maximum Gasteiger partial charge on any atom is 0.429 e. The smallest absolute Gasteiger partial charge is 0.429 e. The summed E-state index contributed by atoms with van der Waals surface area (Å²) in [6, 6.07) is -1.22. The number of aliphatic hydroxyl groups is 1. The van der Waals surface area contributed by atoms with Crippen molar-refractivity contribution >= 4 is 5.97 Å². The van der Waals surface area contributed by atoms with E-state index < -0.39 is 24.6 Å². The zero-order valence-electron chi connectivity index (χ0n) is 6.04. The first kappa shape index (κ1) is 10.2. The third-order valence-corrected chi connectivity index (χ3v) is 0.896. The third kappa shape index (κ3) is 4.08. The van der Waals surface area contributed by atoms with Gasteiger partial charge in [-0.15, -0.1) is 0 Å². The number of ether oxygens (including phenoxy) is 1. The molecule has 0 saturated carbocycles. The van der Waals surface area contributed by atoms with Crippen molar-refractivity contribution in [3.63, 3.8) is 0 Å². The lowest BCUT2D eigenvalue weighted by molar-refractivity contribution is -0.139. The fourth-order valence-corrected chi connectivity index (χ4v) is 0.333. The zero-order chi connectivity index (χ0) is 9.56. The maximum absolute atomic E-state index is 10.1. The van der Waals surface area contributed by atoms with Crippen LogP contribution in [0.2, 0.25) is 0 Å². The highest BCUT2D eigenvalue weighted by atomic mass is 16.6. The zero-order valence-corrected chi connectivity index (χ0v) is 6.04. The Bertz CT molecular complexity index is 231. The van der Waals surface area contributed by atoms with Gasteiger partial charge in [0.1, 0.15) is 12.6 Å². The van der Waals surface area contributed by atoms with Crippen LogP contribution in [0.1, 0.15) is 0 Å². The van der Waals surface area contributed by atoms with Crippen molar-refractivity contribution in [3.8, 4) is 0 Å². The van der Waals surface area contributed by atoms with Crippen molar-refractivity contribution in [1.29, 1.82) is 5.39 Å². The number of aliphatic carboxylic acids is 1. The van der Waals surface area contributed by atoms with E-state index in [1.807, 2.05) is 0 Å². The molecular formula is C5H8N3O4+. The van der Waals surface area contributed by atoms with Crippen molar-refractivity contribution in [2.45, 2.75) is 6.04 Å². The van der Waals surface area contributed by atoms with E-state index in [9.17, 15) is 4.79 Å². The third-order valence-electron chi connectivity index (χ3n) is 0.896. The second kappa shape index (κ2) is 4.92. The quantitative estimate of drug-likeness (QED) is 0.394. The van der Waals surface area contributed by atoms with Gasteiger partial charge in [-0.1, -0.05) is 0 Å². The Morgan fingerprint density at radius 3 is 2.75 bits per heavy atom. The first-order chi connectivity index (χ1) is 5.57. The lowest BCUT2D eigenvalue weighted by Gasteiger charge is -2.04. The van der Waals surface area contributed by atoms with E-state index in [4.69, 9.17) is 21.3 Å². The Morgan fingerprint density at radius 1 is 1.75 bits per heavy atom. The van der Waals surface area contributed by atoms with Crippen LogP contribution in [0.25, 0.3) is 4.98 Å². The second-order valence-electron chi connectivity index (χ2n) is 1.84. The van der Waals surface area contributed by atoms with Gasteiger partial charge in [-0.3, -0.25) is 4.79 Å². The number of diazo groups is 1. The number of aliphatic hydroxyl groups excluding tert-OH is 1. The molecule has 0 unspecified atom stereocenters. The molecule has 0 radical (unpaired) electrons. The van der Waals surface area contributed by atoms with E-state index >= 15 is 0 Å². The van der Waals surface area contributed by atoms with E-state index in [2.05, 4.69) is 9.71 Å². The number of carbonyl (C=O) groups is 1. The molecule has 7 heteroatoms. The van der Waals surface area contributed by atoms with Gasteiger partial charge in [0.05, 0.1) is 0 Å². The van der Waals surface area contributed by atoms with E-state index in [1.54, 1.807) is 0 Å². The number of carboxylic acid groups (broad SMARTS) is 1. The topological polar surface area (TPSA) is 121 Å². The van der Waals surface area contributed by atoms with Gasteiger partial charge >= 0.3 is 18.1 Å². The number of nitrogens with zero attached hydrogens (tertiary/aromatic N) is 2. The molecule has 66 valence electrons. The predicted octanol–water partition coefficient (Wildman–Crippen LogP) is -0.375. The largest absolute Gasteiger partial charge is 0.480 e. The number of hydrogen-bond acceptors (Lipinski definition) is 5. The fraction of sp³-hybridized carbons (Fsp3) is 0.400. The molecule has 0 rings (SSSR count). The van der Waals surface area contributed by atoms with Crippen molar-refractivity contribution in [1.82, 2.24) is 0 Å². The van der Waals surface area contributed by atoms with Gasteiger partial charge in [0.15, 0.2) is 4.98 Å². The van der Waals surface area contributed by atoms with E-state index in [0.717, 1.165) is 0 Å². The molecule has 12 heavy (non-hydrogen) atoms. The van der Waals surface area contributed by atoms with E-state index in [1.165, 1.54) is 0 Å². The van der Waals surface area contributed by atoms with Crippen LogP contribution < -0.4 is 5.73 Å². The van der Waals surface area contributed by atoms with Crippen molar-refractivity contribution < 1.29 is 19.7 Å². The minimum Gasteiger partial charge on any atom is -0.480 e. The molecule has 0 aromatic heterocycles. The number of rotatable bonds is 4.